The van der Waals surface area contributed by atoms with E-state index in [1.165, 1.54) is 24.8 Å². The van der Waals surface area contributed by atoms with Crippen molar-refractivity contribution in [2.24, 2.45) is 0 Å². The van der Waals surface area contributed by atoms with Crippen LogP contribution in [0.3, 0.4) is 0 Å². The molecule has 1 N–H and O–H groups in total. The van der Waals surface area contributed by atoms with Crippen molar-refractivity contribution in [2.75, 3.05) is 13.1 Å². The normalized spacial score (nSPS) is 10.8. The molecule has 102 valence electrons. The lowest BCUT2D eigenvalue weighted by Crippen LogP contribution is -2.21. The number of nitrogens with zero attached hydrogens (tertiary/aromatic N) is 2. The van der Waals surface area contributed by atoms with Crippen molar-refractivity contribution in [3.05, 3.63) is 42.7 Å². The van der Waals surface area contributed by atoms with Crippen LogP contribution in [0.25, 0.3) is 11.4 Å². The summed E-state index contributed by atoms with van der Waals surface area (Å²) in [7, 11) is 0. The van der Waals surface area contributed by atoms with E-state index in [1.54, 1.807) is 0 Å². The molecule has 1 aromatic carbocycles. The molecule has 0 aliphatic rings. The number of rotatable bonds is 8. The highest BCUT2D eigenvalue weighted by atomic mass is 15.1. The van der Waals surface area contributed by atoms with Gasteiger partial charge in [-0.3, -0.25) is 0 Å². The van der Waals surface area contributed by atoms with Crippen LogP contribution in [0.2, 0.25) is 0 Å². The Bertz CT molecular complexity index is 462. The van der Waals surface area contributed by atoms with Gasteiger partial charge in [0.2, 0.25) is 0 Å². The maximum atomic E-state index is 4.45. The first kappa shape index (κ1) is 13.8. The summed E-state index contributed by atoms with van der Waals surface area (Å²) in [5.41, 5.74) is 1.18. The van der Waals surface area contributed by atoms with Crippen LogP contribution in [0.15, 0.2) is 42.7 Å². The molecule has 0 unspecified atom stereocenters. The standard InChI is InChI=1S/C16H23N3/c1-2-3-7-10-17-11-13-19-14-12-18-16(19)15-8-5-4-6-9-15/h4-6,8-9,12,14,17H,2-3,7,10-11,13H2,1H3. The fourth-order valence-electron chi connectivity index (χ4n) is 2.16. The SMILES string of the molecule is CCCCCNCCn1ccnc1-c1ccccc1. The molecule has 0 saturated carbocycles. The molecular formula is C16H23N3. The smallest absolute Gasteiger partial charge is 0.139 e. The van der Waals surface area contributed by atoms with Gasteiger partial charge in [0.1, 0.15) is 5.82 Å². The summed E-state index contributed by atoms with van der Waals surface area (Å²) in [5.74, 6) is 1.05. The van der Waals surface area contributed by atoms with Crippen LogP contribution in [-0.4, -0.2) is 22.6 Å². The molecule has 0 atom stereocenters. The Kier molecular flexibility index (Phi) is 5.63. The molecule has 2 aromatic rings. The Balaban J connectivity index is 1.83. The van der Waals surface area contributed by atoms with E-state index in [2.05, 4.69) is 52.3 Å². The van der Waals surface area contributed by atoms with Crippen LogP contribution in [0, 0.1) is 0 Å². The van der Waals surface area contributed by atoms with Crippen molar-refractivity contribution < 1.29 is 0 Å². The second-order valence-electron chi connectivity index (χ2n) is 4.77. The lowest BCUT2D eigenvalue weighted by atomic mass is 10.2. The van der Waals surface area contributed by atoms with E-state index in [-0.39, 0.29) is 0 Å². The first-order valence-electron chi connectivity index (χ1n) is 7.19. The van der Waals surface area contributed by atoms with Crippen molar-refractivity contribution in [1.29, 1.82) is 0 Å². The molecular weight excluding hydrogens is 234 g/mol. The van der Waals surface area contributed by atoms with Gasteiger partial charge < -0.3 is 9.88 Å². The quantitative estimate of drug-likeness (QED) is 0.735. The van der Waals surface area contributed by atoms with Gasteiger partial charge in [0.05, 0.1) is 0 Å². The van der Waals surface area contributed by atoms with Crippen LogP contribution < -0.4 is 5.32 Å². The summed E-state index contributed by atoms with van der Waals surface area (Å²) < 4.78 is 2.21. The van der Waals surface area contributed by atoms with Gasteiger partial charge in [-0.2, -0.15) is 0 Å². The monoisotopic (exact) mass is 257 g/mol. The summed E-state index contributed by atoms with van der Waals surface area (Å²) in [6.45, 7) is 5.32. The number of aromatic nitrogens is 2. The molecule has 3 heteroatoms. The first-order chi connectivity index (χ1) is 9.42. The summed E-state index contributed by atoms with van der Waals surface area (Å²) in [6, 6.07) is 10.3. The zero-order chi connectivity index (χ0) is 13.3. The molecule has 1 heterocycles. The first-order valence-corrected chi connectivity index (χ1v) is 7.19. The number of hydrogen-bond donors (Lipinski definition) is 1. The van der Waals surface area contributed by atoms with Gasteiger partial charge in [-0.15, -0.1) is 0 Å². The summed E-state index contributed by atoms with van der Waals surface area (Å²) in [4.78, 5) is 4.45. The summed E-state index contributed by atoms with van der Waals surface area (Å²) in [6.07, 6.45) is 7.79. The number of benzene rings is 1. The van der Waals surface area contributed by atoms with Gasteiger partial charge in [0, 0.05) is 31.0 Å². The molecule has 0 bridgehead atoms. The minimum atomic E-state index is 0.969. The van der Waals surface area contributed by atoms with Crippen LogP contribution in [0.5, 0.6) is 0 Å². The third kappa shape index (κ3) is 4.21. The Morgan fingerprint density at radius 3 is 2.74 bits per heavy atom. The molecule has 0 aliphatic heterocycles. The molecule has 0 aliphatic carbocycles. The van der Waals surface area contributed by atoms with E-state index >= 15 is 0 Å². The molecule has 3 nitrogen and oxygen atoms in total. The molecule has 2 rings (SSSR count). The number of nitrogens with one attached hydrogen (secondary N) is 1. The fourth-order valence-corrected chi connectivity index (χ4v) is 2.16. The number of unbranched alkanes of at least 4 members (excludes halogenated alkanes) is 2. The summed E-state index contributed by atoms with van der Waals surface area (Å²) >= 11 is 0. The van der Waals surface area contributed by atoms with Gasteiger partial charge in [0.15, 0.2) is 0 Å². The van der Waals surface area contributed by atoms with Crippen molar-refractivity contribution in [3.8, 4) is 11.4 Å². The van der Waals surface area contributed by atoms with Gasteiger partial charge in [-0.25, -0.2) is 4.98 Å². The van der Waals surface area contributed by atoms with E-state index < -0.39 is 0 Å². The highest BCUT2D eigenvalue weighted by Gasteiger charge is 2.04. The van der Waals surface area contributed by atoms with Crippen LogP contribution in [0.4, 0.5) is 0 Å². The maximum Gasteiger partial charge on any atom is 0.139 e. The van der Waals surface area contributed by atoms with Crippen molar-refractivity contribution in [1.82, 2.24) is 14.9 Å². The van der Waals surface area contributed by atoms with E-state index in [0.29, 0.717) is 0 Å². The second-order valence-corrected chi connectivity index (χ2v) is 4.77. The Morgan fingerprint density at radius 1 is 1.11 bits per heavy atom. The van der Waals surface area contributed by atoms with Gasteiger partial charge in [-0.05, 0) is 13.0 Å². The van der Waals surface area contributed by atoms with Crippen molar-refractivity contribution >= 4 is 0 Å². The van der Waals surface area contributed by atoms with E-state index in [4.69, 9.17) is 0 Å². The predicted molar refractivity (Wildman–Crippen MR) is 80.1 cm³/mol. The van der Waals surface area contributed by atoms with Gasteiger partial charge >= 0.3 is 0 Å². The molecule has 0 saturated heterocycles. The minimum absolute atomic E-state index is 0.969. The molecule has 0 spiro atoms. The number of imidazole rings is 1. The Morgan fingerprint density at radius 2 is 1.95 bits per heavy atom. The molecule has 0 fully saturated rings. The lowest BCUT2D eigenvalue weighted by Gasteiger charge is -2.09. The third-order valence-corrected chi connectivity index (χ3v) is 3.23. The highest BCUT2D eigenvalue weighted by Crippen LogP contribution is 2.16. The largest absolute Gasteiger partial charge is 0.330 e. The molecule has 1 aromatic heterocycles. The highest BCUT2D eigenvalue weighted by molar-refractivity contribution is 5.55. The molecule has 0 amide bonds. The zero-order valence-electron chi connectivity index (χ0n) is 11.7. The topological polar surface area (TPSA) is 29.9 Å². The van der Waals surface area contributed by atoms with Gasteiger partial charge in [0.25, 0.3) is 0 Å². The summed E-state index contributed by atoms with van der Waals surface area (Å²) in [5, 5.41) is 3.49. The van der Waals surface area contributed by atoms with Crippen molar-refractivity contribution in [3.63, 3.8) is 0 Å². The van der Waals surface area contributed by atoms with Crippen LogP contribution in [0.1, 0.15) is 26.2 Å². The van der Waals surface area contributed by atoms with E-state index in [9.17, 15) is 0 Å². The Hall–Kier alpha value is -1.61. The van der Waals surface area contributed by atoms with Crippen LogP contribution in [-0.2, 0) is 6.54 Å². The average molecular weight is 257 g/mol. The second kappa shape index (κ2) is 7.74. The Labute approximate surface area is 115 Å². The fraction of sp³-hybridized carbons (Fsp3) is 0.438. The minimum Gasteiger partial charge on any atom is -0.330 e. The van der Waals surface area contributed by atoms with E-state index in [0.717, 1.165) is 25.5 Å². The zero-order valence-corrected chi connectivity index (χ0v) is 11.7. The molecule has 0 radical (unpaired) electrons. The maximum absolute atomic E-state index is 4.45. The third-order valence-electron chi connectivity index (χ3n) is 3.23. The number of hydrogen-bond acceptors (Lipinski definition) is 2. The average Bonchev–Trinajstić information content (AvgIpc) is 2.92. The lowest BCUT2D eigenvalue weighted by molar-refractivity contribution is 0.571. The predicted octanol–water partition coefficient (Wildman–Crippen LogP) is 3.33. The molecule has 19 heavy (non-hydrogen) atoms. The van der Waals surface area contributed by atoms with Crippen molar-refractivity contribution in [2.45, 2.75) is 32.7 Å². The van der Waals surface area contributed by atoms with Crippen LogP contribution >= 0.6 is 0 Å². The van der Waals surface area contributed by atoms with E-state index in [1.807, 2.05) is 12.3 Å². The van der Waals surface area contributed by atoms with Gasteiger partial charge in [-0.1, -0.05) is 50.1 Å².